The molecule has 1 amide bonds. The van der Waals surface area contributed by atoms with Crippen molar-refractivity contribution in [1.29, 1.82) is 0 Å². The molecule has 22 heavy (non-hydrogen) atoms. The van der Waals surface area contributed by atoms with E-state index in [1.807, 2.05) is 0 Å². The van der Waals surface area contributed by atoms with Gasteiger partial charge in [0, 0.05) is 31.7 Å². The van der Waals surface area contributed by atoms with Gasteiger partial charge in [0.15, 0.2) is 9.84 Å². The summed E-state index contributed by atoms with van der Waals surface area (Å²) >= 11 is 0. The van der Waals surface area contributed by atoms with Gasteiger partial charge in [0.25, 0.3) is 5.91 Å². The Bertz CT molecular complexity index is 769. The van der Waals surface area contributed by atoms with Gasteiger partial charge in [-0.3, -0.25) is 9.36 Å². The van der Waals surface area contributed by atoms with Crippen molar-refractivity contribution >= 4 is 15.7 Å². The summed E-state index contributed by atoms with van der Waals surface area (Å²) in [4.78, 5) is 22.1. The number of aromatic nitrogens is 3. The molecule has 0 aliphatic carbocycles. The Labute approximate surface area is 128 Å². The van der Waals surface area contributed by atoms with Crippen LogP contribution in [0.3, 0.4) is 0 Å². The summed E-state index contributed by atoms with van der Waals surface area (Å²) in [6.07, 6.45) is 7.02. The van der Waals surface area contributed by atoms with Gasteiger partial charge in [-0.05, 0) is 18.6 Å². The molecule has 1 atom stereocenters. The number of hydrogen-bond acceptors (Lipinski definition) is 5. The fourth-order valence-electron chi connectivity index (χ4n) is 2.51. The summed E-state index contributed by atoms with van der Waals surface area (Å²) in [7, 11) is -1.38. The highest BCUT2D eigenvalue weighted by Gasteiger charge is 2.33. The fraction of sp³-hybridized carbons (Fsp3) is 0.357. The minimum atomic E-state index is -3.01. The lowest BCUT2D eigenvalue weighted by molar-refractivity contribution is 0.0747. The molecule has 0 spiro atoms. The van der Waals surface area contributed by atoms with E-state index < -0.39 is 9.84 Å². The molecule has 0 radical (unpaired) electrons. The van der Waals surface area contributed by atoms with Crippen molar-refractivity contribution in [2.45, 2.75) is 12.5 Å². The molecule has 0 N–H and O–H groups in total. The molecular weight excluding hydrogens is 304 g/mol. The number of imidazole rings is 1. The number of amides is 1. The predicted molar refractivity (Wildman–Crippen MR) is 80.5 cm³/mol. The maximum atomic E-state index is 12.4. The summed E-state index contributed by atoms with van der Waals surface area (Å²) in [6.45, 7) is 0. The van der Waals surface area contributed by atoms with Crippen molar-refractivity contribution in [3.63, 3.8) is 0 Å². The van der Waals surface area contributed by atoms with Crippen LogP contribution < -0.4 is 0 Å². The molecule has 0 bridgehead atoms. The molecule has 0 unspecified atom stereocenters. The zero-order valence-corrected chi connectivity index (χ0v) is 12.9. The van der Waals surface area contributed by atoms with Gasteiger partial charge in [0.1, 0.15) is 12.1 Å². The van der Waals surface area contributed by atoms with Crippen LogP contribution in [0.1, 0.15) is 16.8 Å². The smallest absolute Gasteiger partial charge is 0.255 e. The summed E-state index contributed by atoms with van der Waals surface area (Å²) in [5.41, 5.74) is 0.440. The van der Waals surface area contributed by atoms with Gasteiger partial charge in [0.05, 0.1) is 17.1 Å². The molecule has 3 rings (SSSR count). The average Bonchev–Trinajstić information content (AvgIpc) is 3.15. The van der Waals surface area contributed by atoms with E-state index >= 15 is 0 Å². The number of sulfone groups is 1. The molecule has 2 aromatic heterocycles. The zero-order chi connectivity index (χ0) is 15.7. The Hall–Kier alpha value is -2.22. The zero-order valence-electron chi connectivity index (χ0n) is 12.1. The van der Waals surface area contributed by atoms with Crippen LogP contribution in [-0.2, 0) is 9.84 Å². The van der Waals surface area contributed by atoms with E-state index in [-0.39, 0.29) is 23.5 Å². The first-order valence-corrected chi connectivity index (χ1v) is 8.70. The lowest BCUT2D eigenvalue weighted by atomic mass is 10.2. The molecule has 3 heterocycles. The van der Waals surface area contributed by atoms with Crippen molar-refractivity contribution in [3.8, 4) is 5.82 Å². The number of nitrogens with zero attached hydrogens (tertiary/aromatic N) is 4. The normalized spacial score (nSPS) is 20.0. The SMILES string of the molecule is CN(C(=O)c1ccc(-n2ccnc2)nc1)[C@@H]1CCS(=O)(=O)C1. The van der Waals surface area contributed by atoms with Crippen molar-refractivity contribution in [2.75, 3.05) is 18.6 Å². The van der Waals surface area contributed by atoms with E-state index in [1.165, 1.54) is 11.1 Å². The second kappa shape index (κ2) is 5.53. The van der Waals surface area contributed by atoms with Crippen LogP contribution in [0, 0.1) is 0 Å². The minimum absolute atomic E-state index is 0.0375. The van der Waals surface area contributed by atoms with Crippen LogP contribution in [0.4, 0.5) is 0 Å². The number of carbonyl (C=O) groups is 1. The van der Waals surface area contributed by atoms with Crippen LogP contribution in [-0.4, -0.2) is 58.4 Å². The Balaban J connectivity index is 1.75. The Morgan fingerprint density at radius 1 is 1.41 bits per heavy atom. The molecule has 1 aliphatic rings. The van der Waals surface area contributed by atoms with Gasteiger partial charge in [-0.1, -0.05) is 0 Å². The average molecular weight is 320 g/mol. The highest BCUT2D eigenvalue weighted by atomic mass is 32.2. The third-order valence-corrected chi connectivity index (χ3v) is 5.59. The molecule has 8 heteroatoms. The number of pyridine rings is 1. The quantitative estimate of drug-likeness (QED) is 0.823. The summed E-state index contributed by atoms with van der Waals surface area (Å²) in [6, 6.07) is 3.16. The number of rotatable bonds is 3. The van der Waals surface area contributed by atoms with Crippen molar-refractivity contribution in [3.05, 3.63) is 42.6 Å². The Morgan fingerprint density at radius 3 is 2.77 bits per heavy atom. The van der Waals surface area contributed by atoms with Gasteiger partial charge in [0.2, 0.25) is 0 Å². The largest absolute Gasteiger partial charge is 0.338 e. The summed E-state index contributed by atoms with van der Waals surface area (Å²) in [5.74, 6) is 0.634. The number of carbonyl (C=O) groups excluding carboxylic acids is 1. The van der Waals surface area contributed by atoms with Gasteiger partial charge >= 0.3 is 0 Å². The number of hydrogen-bond donors (Lipinski definition) is 0. The van der Waals surface area contributed by atoms with Crippen LogP contribution in [0.25, 0.3) is 5.82 Å². The van der Waals surface area contributed by atoms with Gasteiger partial charge in [-0.15, -0.1) is 0 Å². The van der Waals surface area contributed by atoms with Crippen molar-refractivity contribution in [2.24, 2.45) is 0 Å². The molecule has 0 saturated carbocycles. The van der Waals surface area contributed by atoms with Crippen LogP contribution in [0.15, 0.2) is 37.1 Å². The molecule has 1 fully saturated rings. The van der Waals surface area contributed by atoms with Gasteiger partial charge < -0.3 is 4.90 Å². The second-order valence-corrected chi connectivity index (χ2v) is 7.58. The molecular formula is C14H16N4O3S. The molecule has 2 aromatic rings. The standard InChI is InChI=1S/C14H16N4O3S/c1-17(12-4-7-22(20,21)9-12)14(19)11-2-3-13(16-8-11)18-6-5-15-10-18/h2-3,5-6,8,10,12H,4,7,9H2,1H3/t12-/m1/s1. The highest BCUT2D eigenvalue weighted by molar-refractivity contribution is 7.91. The molecule has 1 aliphatic heterocycles. The third kappa shape index (κ3) is 2.87. The molecule has 7 nitrogen and oxygen atoms in total. The maximum Gasteiger partial charge on any atom is 0.255 e. The van der Waals surface area contributed by atoms with Crippen LogP contribution in [0.2, 0.25) is 0 Å². The predicted octanol–water partition coefficient (Wildman–Crippen LogP) is 0.526. The topological polar surface area (TPSA) is 85.2 Å². The Morgan fingerprint density at radius 2 is 2.23 bits per heavy atom. The monoisotopic (exact) mass is 320 g/mol. The van der Waals surface area contributed by atoms with Crippen LogP contribution >= 0.6 is 0 Å². The van der Waals surface area contributed by atoms with Crippen molar-refractivity contribution in [1.82, 2.24) is 19.4 Å². The van der Waals surface area contributed by atoms with Crippen LogP contribution in [0.5, 0.6) is 0 Å². The summed E-state index contributed by atoms with van der Waals surface area (Å²) in [5, 5.41) is 0. The molecule has 1 saturated heterocycles. The highest BCUT2D eigenvalue weighted by Crippen LogP contribution is 2.18. The minimum Gasteiger partial charge on any atom is -0.338 e. The first-order valence-electron chi connectivity index (χ1n) is 6.88. The molecule has 0 aromatic carbocycles. The third-order valence-electron chi connectivity index (χ3n) is 3.84. The van der Waals surface area contributed by atoms with Gasteiger partial charge in [-0.2, -0.15) is 0 Å². The lowest BCUT2D eigenvalue weighted by Crippen LogP contribution is -2.37. The Kier molecular flexibility index (Phi) is 3.69. The molecule has 116 valence electrons. The van der Waals surface area contributed by atoms with E-state index in [0.717, 1.165) is 0 Å². The maximum absolute atomic E-state index is 12.4. The fourth-order valence-corrected chi connectivity index (χ4v) is 4.28. The summed E-state index contributed by atoms with van der Waals surface area (Å²) < 4.78 is 24.8. The van der Waals surface area contributed by atoms with E-state index in [0.29, 0.717) is 17.8 Å². The van der Waals surface area contributed by atoms with E-state index in [4.69, 9.17) is 0 Å². The lowest BCUT2D eigenvalue weighted by Gasteiger charge is -2.23. The van der Waals surface area contributed by atoms with E-state index in [1.54, 1.807) is 42.5 Å². The van der Waals surface area contributed by atoms with Crippen molar-refractivity contribution < 1.29 is 13.2 Å². The first kappa shape index (κ1) is 14.7. The van der Waals surface area contributed by atoms with E-state index in [9.17, 15) is 13.2 Å². The first-order chi connectivity index (χ1) is 10.5. The van der Waals surface area contributed by atoms with Gasteiger partial charge in [-0.25, -0.2) is 18.4 Å². The van der Waals surface area contributed by atoms with E-state index in [2.05, 4.69) is 9.97 Å². The second-order valence-electron chi connectivity index (χ2n) is 5.35.